The molecule has 0 aliphatic heterocycles. The van der Waals surface area contributed by atoms with E-state index in [9.17, 15) is 10.3 Å². The van der Waals surface area contributed by atoms with Crippen molar-refractivity contribution >= 4 is 5.69 Å². The largest absolute Gasteiger partial charge is 0.508 e. The molecule has 0 spiro atoms. The number of hydrogen-bond acceptors (Lipinski definition) is 2. The van der Waals surface area contributed by atoms with Gasteiger partial charge in [-0.05, 0) is 25.1 Å². The summed E-state index contributed by atoms with van der Waals surface area (Å²) in [7, 11) is 0. The summed E-state index contributed by atoms with van der Waals surface area (Å²) in [4.78, 5) is 0. The van der Waals surface area contributed by atoms with Crippen molar-refractivity contribution in [3.05, 3.63) is 60.2 Å². The van der Waals surface area contributed by atoms with Gasteiger partial charge in [0.05, 0.1) is 11.7 Å². The maximum Gasteiger partial charge on any atom is 0.120 e. The van der Waals surface area contributed by atoms with Crippen molar-refractivity contribution in [1.82, 2.24) is 0 Å². The average molecular weight is 228 g/mol. The molecule has 2 aromatic rings. The van der Waals surface area contributed by atoms with Crippen molar-refractivity contribution in [2.24, 2.45) is 0 Å². The number of hydrogen-bond donors (Lipinski definition) is 1. The fourth-order valence-corrected chi connectivity index (χ4v) is 1.77. The Bertz CT molecular complexity index is 485. The Morgan fingerprint density at radius 3 is 2.24 bits per heavy atom. The summed E-state index contributed by atoms with van der Waals surface area (Å²) in [6, 6.07) is 15.5. The van der Waals surface area contributed by atoms with E-state index in [1.54, 1.807) is 37.3 Å². The second kappa shape index (κ2) is 4.89. The summed E-state index contributed by atoms with van der Waals surface area (Å²) in [6.07, 6.45) is 0. The molecule has 2 aromatic carbocycles. The van der Waals surface area contributed by atoms with E-state index in [4.69, 9.17) is 0 Å². The standard InChI is InChI=1S/C14H14NO2/c1-11(13-9-5-6-10-14(13)16)15(17)12-7-3-2-4-8-12/h2-11,16H,1H3. The summed E-state index contributed by atoms with van der Waals surface area (Å²) in [5.74, 6) is 0.150. The van der Waals surface area contributed by atoms with E-state index in [-0.39, 0.29) is 5.75 Å². The second-order valence-corrected chi connectivity index (χ2v) is 3.90. The lowest BCUT2D eigenvalue weighted by Crippen LogP contribution is -2.20. The van der Waals surface area contributed by atoms with Crippen LogP contribution in [-0.2, 0) is 5.21 Å². The molecule has 0 saturated carbocycles. The molecule has 0 fully saturated rings. The molecule has 0 aromatic heterocycles. The molecule has 1 unspecified atom stereocenters. The highest BCUT2D eigenvalue weighted by Gasteiger charge is 2.18. The van der Waals surface area contributed by atoms with Gasteiger partial charge in [0, 0.05) is 5.56 Å². The first-order valence-corrected chi connectivity index (χ1v) is 5.49. The van der Waals surface area contributed by atoms with Gasteiger partial charge in [-0.15, -0.1) is 0 Å². The average Bonchev–Trinajstić information content (AvgIpc) is 2.39. The highest BCUT2D eigenvalue weighted by atomic mass is 16.5. The van der Waals surface area contributed by atoms with Gasteiger partial charge in [-0.1, -0.05) is 41.6 Å². The van der Waals surface area contributed by atoms with E-state index < -0.39 is 6.04 Å². The lowest BCUT2D eigenvalue weighted by molar-refractivity contribution is 0.132. The minimum absolute atomic E-state index is 0.150. The Morgan fingerprint density at radius 2 is 1.59 bits per heavy atom. The fraction of sp³-hybridized carbons (Fsp3) is 0.143. The Hall–Kier alpha value is -2.00. The van der Waals surface area contributed by atoms with Gasteiger partial charge in [-0.2, -0.15) is 0 Å². The molecule has 1 atom stereocenters. The van der Waals surface area contributed by atoms with Crippen molar-refractivity contribution in [3.8, 4) is 5.75 Å². The van der Waals surface area contributed by atoms with Crippen molar-refractivity contribution < 1.29 is 10.3 Å². The molecule has 87 valence electrons. The van der Waals surface area contributed by atoms with E-state index in [1.807, 2.05) is 24.3 Å². The third-order valence-corrected chi connectivity index (χ3v) is 2.75. The number of phenolic OH excluding ortho intramolecular Hbond substituents is 1. The van der Waals surface area contributed by atoms with Crippen molar-refractivity contribution in [3.63, 3.8) is 0 Å². The summed E-state index contributed by atoms with van der Waals surface area (Å²) >= 11 is 0. The first-order valence-electron chi connectivity index (χ1n) is 5.49. The summed E-state index contributed by atoms with van der Waals surface area (Å²) in [5, 5.41) is 22.7. The quantitative estimate of drug-likeness (QED) is 0.819. The summed E-state index contributed by atoms with van der Waals surface area (Å²) < 4.78 is 0. The Balaban J connectivity index is 2.27. The molecule has 0 saturated heterocycles. The Morgan fingerprint density at radius 1 is 1.00 bits per heavy atom. The summed E-state index contributed by atoms with van der Waals surface area (Å²) in [5.41, 5.74) is 1.22. The number of anilines is 1. The third kappa shape index (κ3) is 2.40. The number of aromatic hydroxyl groups is 1. The van der Waals surface area contributed by atoms with Gasteiger partial charge >= 0.3 is 0 Å². The smallest absolute Gasteiger partial charge is 0.120 e. The van der Waals surface area contributed by atoms with Crippen LogP contribution in [0.3, 0.4) is 0 Å². The van der Waals surface area contributed by atoms with Gasteiger partial charge in [0.15, 0.2) is 0 Å². The number of nitrogens with zero attached hydrogens (tertiary/aromatic N) is 1. The van der Waals surface area contributed by atoms with Crippen molar-refractivity contribution in [1.29, 1.82) is 0 Å². The lowest BCUT2D eigenvalue weighted by atomic mass is 10.1. The molecular formula is C14H14NO2. The van der Waals surface area contributed by atoms with Gasteiger partial charge in [0.1, 0.15) is 5.75 Å². The molecule has 0 heterocycles. The molecule has 3 nitrogen and oxygen atoms in total. The molecular weight excluding hydrogens is 214 g/mol. The Labute approximate surface area is 101 Å². The van der Waals surface area contributed by atoms with Crippen LogP contribution in [0, 0.1) is 0 Å². The minimum atomic E-state index is -0.418. The zero-order valence-corrected chi connectivity index (χ0v) is 9.58. The molecule has 1 N–H and O–H groups in total. The van der Waals surface area contributed by atoms with Crippen LogP contribution in [0.5, 0.6) is 5.75 Å². The van der Waals surface area contributed by atoms with Crippen LogP contribution >= 0.6 is 0 Å². The normalized spacial score (nSPS) is 12.1. The van der Waals surface area contributed by atoms with E-state index in [2.05, 4.69) is 0 Å². The maximum atomic E-state index is 12.1. The molecule has 0 amide bonds. The maximum absolute atomic E-state index is 12.1. The number of rotatable bonds is 3. The van der Waals surface area contributed by atoms with E-state index in [0.29, 0.717) is 11.3 Å². The van der Waals surface area contributed by atoms with E-state index in [1.165, 1.54) is 0 Å². The molecule has 3 heteroatoms. The van der Waals surface area contributed by atoms with Gasteiger partial charge < -0.3 is 5.11 Å². The first kappa shape index (κ1) is 11.5. The second-order valence-electron chi connectivity index (χ2n) is 3.90. The lowest BCUT2D eigenvalue weighted by Gasteiger charge is -2.22. The first-order chi connectivity index (χ1) is 8.20. The fourth-order valence-electron chi connectivity index (χ4n) is 1.77. The molecule has 0 aliphatic rings. The van der Waals surface area contributed by atoms with Gasteiger partial charge in [-0.3, -0.25) is 0 Å². The van der Waals surface area contributed by atoms with Crippen LogP contribution in [-0.4, -0.2) is 5.11 Å². The number of benzene rings is 2. The number of hydroxylamine groups is 1. The van der Waals surface area contributed by atoms with Crippen LogP contribution in [0.25, 0.3) is 0 Å². The minimum Gasteiger partial charge on any atom is -0.508 e. The predicted molar refractivity (Wildman–Crippen MR) is 66.1 cm³/mol. The van der Waals surface area contributed by atoms with Crippen LogP contribution in [0.4, 0.5) is 5.69 Å². The molecule has 2 rings (SSSR count). The zero-order chi connectivity index (χ0) is 12.3. The summed E-state index contributed by atoms with van der Waals surface area (Å²) in [6.45, 7) is 1.77. The molecule has 1 radical (unpaired) electrons. The van der Waals surface area contributed by atoms with Crippen molar-refractivity contribution in [2.75, 3.05) is 5.06 Å². The topological polar surface area (TPSA) is 43.4 Å². The SMILES string of the molecule is CC(c1ccccc1O)N([O])c1ccccc1. The van der Waals surface area contributed by atoms with Crippen LogP contribution in [0.1, 0.15) is 18.5 Å². The van der Waals surface area contributed by atoms with Crippen molar-refractivity contribution in [2.45, 2.75) is 13.0 Å². The van der Waals surface area contributed by atoms with Gasteiger partial charge in [0.2, 0.25) is 0 Å². The molecule has 0 aliphatic carbocycles. The number of para-hydroxylation sites is 2. The van der Waals surface area contributed by atoms with Gasteiger partial charge in [-0.25, -0.2) is 5.06 Å². The van der Waals surface area contributed by atoms with E-state index >= 15 is 0 Å². The monoisotopic (exact) mass is 228 g/mol. The third-order valence-electron chi connectivity index (χ3n) is 2.75. The highest BCUT2D eigenvalue weighted by Crippen LogP contribution is 2.30. The Kier molecular flexibility index (Phi) is 3.30. The number of phenols is 1. The molecule has 17 heavy (non-hydrogen) atoms. The van der Waals surface area contributed by atoms with Crippen LogP contribution < -0.4 is 5.06 Å². The van der Waals surface area contributed by atoms with Crippen LogP contribution in [0.15, 0.2) is 54.6 Å². The molecule has 0 bridgehead atoms. The highest BCUT2D eigenvalue weighted by molar-refractivity contribution is 5.47. The zero-order valence-electron chi connectivity index (χ0n) is 9.58. The van der Waals surface area contributed by atoms with Crippen LogP contribution in [0.2, 0.25) is 0 Å². The van der Waals surface area contributed by atoms with E-state index in [0.717, 1.165) is 5.06 Å². The van der Waals surface area contributed by atoms with Gasteiger partial charge in [0.25, 0.3) is 0 Å². The predicted octanol–water partition coefficient (Wildman–Crippen LogP) is 3.31.